The Morgan fingerprint density at radius 1 is 1.06 bits per heavy atom. The summed E-state index contributed by atoms with van der Waals surface area (Å²) in [5.74, 6) is -0.662. The van der Waals surface area contributed by atoms with Gasteiger partial charge in [-0.15, -0.1) is 0 Å². The SMILES string of the molecule is CN(c1cc(Cl)cc(O[C@H]2C[C@@H](C(=O)O)N(C(=O)O)C2)c1)C1CCC(c2ccccc2)(N(C)C)CC1. The number of carboxylic acid groups (broad SMARTS) is 2. The van der Waals surface area contributed by atoms with E-state index in [0.29, 0.717) is 16.8 Å². The van der Waals surface area contributed by atoms with Crippen molar-refractivity contribution in [3.8, 4) is 5.75 Å². The lowest BCUT2D eigenvalue weighted by molar-refractivity contribution is -0.141. The summed E-state index contributed by atoms with van der Waals surface area (Å²) in [5, 5.41) is 19.2. The molecule has 0 bridgehead atoms. The van der Waals surface area contributed by atoms with E-state index in [0.717, 1.165) is 36.3 Å². The first-order valence-corrected chi connectivity index (χ1v) is 12.6. The smallest absolute Gasteiger partial charge is 0.408 e. The van der Waals surface area contributed by atoms with Crippen LogP contribution in [-0.2, 0) is 10.3 Å². The van der Waals surface area contributed by atoms with E-state index in [1.54, 1.807) is 6.07 Å². The minimum Gasteiger partial charge on any atom is -0.488 e. The van der Waals surface area contributed by atoms with Crippen LogP contribution in [0.25, 0.3) is 0 Å². The first kappa shape index (κ1) is 26.1. The zero-order valence-corrected chi connectivity index (χ0v) is 21.7. The summed E-state index contributed by atoms with van der Waals surface area (Å²) < 4.78 is 6.03. The van der Waals surface area contributed by atoms with E-state index >= 15 is 0 Å². The van der Waals surface area contributed by atoms with Crippen molar-refractivity contribution in [3.05, 3.63) is 59.1 Å². The van der Waals surface area contributed by atoms with E-state index in [4.69, 9.17) is 16.3 Å². The van der Waals surface area contributed by atoms with Crippen molar-refractivity contribution in [2.75, 3.05) is 32.6 Å². The van der Waals surface area contributed by atoms with E-state index in [1.807, 2.05) is 12.1 Å². The summed E-state index contributed by atoms with van der Waals surface area (Å²) >= 11 is 6.43. The van der Waals surface area contributed by atoms with Gasteiger partial charge in [-0.05, 0) is 57.5 Å². The average molecular weight is 516 g/mol. The summed E-state index contributed by atoms with van der Waals surface area (Å²) in [6.45, 7) is -0.00127. The van der Waals surface area contributed by atoms with Gasteiger partial charge < -0.3 is 19.8 Å². The van der Waals surface area contributed by atoms with Crippen LogP contribution in [-0.4, -0.2) is 78.0 Å². The van der Waals surface area contributed by atoms with Crippen LogP contribution in [0, 0.1) is 0 Å². The van der Waals surface area contributed by atoms with Crippen molar-refractivity contribution in [2.45, 2.75) is 55.8 Å². The predicted octanol–water partition coefficient (Wildman–Crippen LogP) is 4.76. The van der Waals surface area contributed by atoms with Gasteiger partial charge in [-0.2, -0.15) is 0 Å². The Kier molecular flexibility index (Phi) is 7.66. The number of halogens is 1. The molecule has 1 aliphatic heterocycles. The molecule has 1 saturated carbocycles. The maximum absolute atomic E-state index is 11.5. The molecule has 9 heteroatoms. The zero-order chi connectivity index (χ0) is 26.0. The van der Waals surface area contributed by atoms with Crippen molar-refractivity contribution in [3.63, 3.8) is 0 Å². The van der Waals surface area contributed by atoms with Crippen molar-refractivity contribution in [1.29, 1.82) is 0 Å². The highest BCUT2D eigenvalue weighted by molar-refractivity contribution is 6.31. The van der Waals surface area contributed by atoms with Crippen molar-refractivity contribution >= 4 is 29.4 Å². The molecule has 2 fully saturated rings. The van der Waals surface area contributed by atoms with Gasteiger partial charge in [-0.3, -0.25) is 9.80 Å². The molecule has 8 nitrogen and oxygen atoms in total. The molecule has 4 rings (SSSR count). The number of hydrogen-bond donors (Lipinski definition) is 2. The van der Waals surface area contributed by atoms with Gasteiger partial charge in [0.25, 0.3) is 0 Å². The molecule has 1 amide bonds. The summed E-state index contributed by atoms with van der Waals surface area (Å²) in [6.07, 6.45) is 2.38. The molecule has 0 spiro atoms. The molecule has 36 heavy (non-hydrogen) atoms. The molecule has 2 aromatic rings. The van der Waals surface area contributed by atoms with Crippen LogP contribution in [0.3, 0.4) is 0 Å². The minimum absolute atomic E-state index is 0.00127. The highest BCUT2D eigenvalue weighted by Crippen LogP contribution is 2.43. The third kappa shape index (κ3) is 5.25. The van der Waals surface area contributed by atoms with E-state index < -0.39 is 24.2 Å². The highest BCUT2D eigenvalue weighted by atomic mass is 35.5. The second kappa shape index (κ2) is 10.6. The Bertz CT molecular complexity index is 1070. The first-order valence-electron chi connectivity index (χ1n) is 12.3. The Morgan fingerprint density at radius 3 is 2.28 bits per heavy atom. The topological polar surface area (TPSA) is 93.5 Å². The van der Waals surface area contributed by atoms with Gasteiger partial charge in [-0.25, -0.2) is 9.59 Å². The Labute approximate surface area is 217 Å². The molecule has 1 aliphatic carbocycles. The van der Waals surface area contributed by atoms with Gasteiger partial charge in [0, 0.05) is 41.8 Å². The van der Waals surface area contributed by atoms with E-state index in [1.165, 1.54) is 5.56 Å². The molecule has 1 heterocycles. The number of carboxylic acids is 1. The van der Waals surface area contributed by atoms with Crippen LogP contribution in [0.5, 0.6) is 5.75 Å². The Balaban J connectivity index is 1.46. The molecule has 2 N–H and O–H groups in total. The van der Waals surface area contributed by atoms with E-state index in [9.17, 15) is 19.8 Å². The summed E-state index contributed by atoms with van der Waals surface area (Å²) in [6, 6.07) is 15.4. The molecule has 0 aromatic heterocycles. The van der Waals surface area contributed by atoms with Crippen LogP contribution in [0.2, 0.25) is 5.02 Å². The van der Waals surface area contributed by atoms with Crippen LogP contribution >= 0.6 is 11.6 Å². The fraction of sp³-hybridized carbons (Fsp3) is 0.481. The number of ether oxygens (including phenoxy) is 1. The van der Waals surface area contributed by atoms with Crippen molar-refractivity contribution < 1.29 is 24.5 Å². The number of anilines is 1. The minimum atomic E-state index is -1.26. The molecule has 194 valence electrons. The quantitative estimate of drug-likeness (QED) is 0.549. The number of nitrogens with zero attached hydrogens (tertiary/aromatic N) is 3. The molecule has 0 radical (unpaired) electrons. The second-order valence-corrected chi connectivity index (χ2v) is 10.5. The van der Waals surface area contributed by atoms with E-state index in [2.05, 4.69) is 61.3 Å². The Morgan fingerprint density at radius 2 is 1.72 bits per heavy atom. The number of aliphatic carboxylic acids is 1. The van der Waals surface area contributed by atoms with Crippen LogP contribution in [0.1, 0.15) is 37.7 Å². The van der Waals surface area contributed by atoms with Gasteiger partial charge in [0.05, 0.1) is 6.54 Å². The molecule has 2 atom stereocenters. The molecule has 2 aromatic carbocycles. The summed E-state index contributed by atoms with van der Waals surface area (Å²) in [5.41, 5.74) is 2.28. The monoisotopic (exact) mass is 515 g/mol. The van der Waals surface area contributed by atoms with Crippen molar-refractivity contribution in [2.24, 2.45) is 0 Å². The largest absolute Gasteiger partial charge is 0.488 e. The maximum atomic E-state index is 11.5. The average Bonchev–Trinajstić information content (AvgIpc) is 3.28. The maximum Gasteiger partial charge on any atom is 0.408 e. The number of amides is 1. The van der Waals surface area contributed by atoms with Gasteiger partial charge >= 0.3 is 12.1 Å². The third-order valence-corrected chi connectivity index (χ3v) is 8.07. The zero-order valence-electron chi connectivity index (χ0n) is 20.9. The number of rotatable bonds is 7. The van der Waals surface area contributed by atoms with Crippen molar-refractivity contribution in [1.82, 2.24) is 9.80 Å². The summed E-state index contributed by atoms with van der Waals surface area (Å²) in [4.78, 5) is 28.4. The lowest BCUT2D eigenvalue weighted by Gasteiger charge is -2.47. The lowest BCUT2D eigenvalue weighted by atomic mass is 9.73. The molecule has 2 aliphatic rings. The number of benzene rings is 2. The molecular weight excluding hydrogens is 482 g/mol. The fourth-order valence-corrected chi connectivity index (χ4v) is 5.98. The van der Waals surface area contributed by atoms with Gasteiger partial charge in [0.15, 0.2) is 0 Å². The molecule has 0 unspecified atom stereocenters. The number of carbonyl (C=O) groups is 2. The number of hydrogen-bond acceptors (Lipinski definition) is 5. The van der Waals surface area contributed by atoms with Crippen LogP contribution in [0.4, 0.5) is 10.5 Å². The highest BCUT2D eigenvalue weighted by Gasteiger charge is 2.42. The normalized spacial score (nSPS) is 26.1. The predicted molar refractivity (Wildman–Crippen MR) is 139 cm³/mol. The standard InChI is InChI=1S/C27H34ClN3O5/c1-29(2)27(18-7-5-4-6-8-18)11-9-20(10-12-27)30(3)21-13-19(28)14-22(15-21)36-23-16-24(25(32)33)31(17-23)26(34)35/h4-8,13-15,20,23-24H,9-12,16-17H2,1-3H3,(H,32,33)(H,34,35)/t20?,23-,24-,27?/m0/s1. The number of likely N-dealkylation sites (tertiary alicyclic amines) is 1. The van der Waals surface area contributed by atoms with Gasteiger partial charge in [-0.1, -0.05) is 41.9 Å². The Hall–Kier alpha value is -2.97. The molecule has 1 saturated heterocycles. The van der Waals surface area contributed by atoms with Crippen LogP contribution in [0.15, 0.2) is 48.5 Å². The van der Waals surface area contributed by atoms with Gasteiger partial charge in [0.2, 0.25) is 0 Å². The van der Waals surface area contributed by atoms with Crippen LogP contribution < -0.4 is 9.64 Å². The summed E-state index contributed by atoms with van der Waals surface area (Å²) in [7, 11) is 6.37. The third-order valence-electron chi connectivity index (χ3n) is 7.86. The first-order chi connectivity index (χ1) is 17.1. The van der Waals surface area contributed by atoms with E-state index in [-0.39, 0.29) is 18.5 Å². The second-order valence-electron chi connectivity index (χ2n) is 10.0. The molecular formula is C27H34ClN3O5. The fourth-order valence-electron chi connectivity index (χ4n) is 5.76. The van der Waals surface area contributed by atoms with Gasteiger partial charge in [0.1, 0.15) is 17.9 Å². The lowest BCUT2D eigenvalue weighted by Crippen LogP contribution is -2.48.